The van der Waals surface area contributed by atoms with Gasteiger partial charge in [0.15, 0.2) is 0 Å². The van der Waals surface area contributed by atoms with Gasteiger partial charge in [0.25, 0.3) is 0 Å². The average molecular weight is 265 g/mol. The molecule has 0 aromatic heterocycles. The largest absolute Gasteiger partial charge is 0.344 e. The Morgan fingerprint density at radius 2 is 2.00 bits per heavy atom. The molecule has 2 aromatic rings. The van der Waals surface area contributed by atoms with Crippen LogP contribution in [0, 0.1) is 18.3 Å². The summed E-state index contributed by atoms with van der Waals surface area (Å²) < 4.78 is 0. The van der Waals surface area contributed by atoms with E-state index in [4.69, 9.17) is 0 Å². The normalized spacial score (nSPS) is 10.1. The SMILES string of the molecule is CNCc1ccc(N(C)c2cccc(C)c2)c(C#N)c1. The molecule has 0 unspecified atom stereocenters. The fourth-order valence-electron chi connectivity index (χ4n) is 2.25. The van der Waals surface area contributed by atoms with E-state index in [1.807, 2.05) is 32.3 Å². The second-order valence-corrected chi connectivity index (χ2v) is 4.89. The third-order valence-electron chi connectivity index (χ3n) is 3.31. The summed E-state index contributed by atoms with van der Waals surface area (Å²) in [6.07, 6.45) is 0. The molecule has 0 radical (unpaired) electrons. The lowest BCUT2D eigenvalue weighted by molar-refractivity contribution is 0.817. The lowest BCUT2D eigenvalue weighted by Gasteiger charge is -2.21. The van der Waals surface area contributed by atoms with Crippen LogP contribution in [0.1, 0.15) is 16.7 Å². The zero-order valence-corrected chi connectivity index (χ0v) is 12.1. The molecular weight excluding hydrogens is 246 g/mol. The van der Waals surface area contributed by atoms with E-state index < -0.39 is 0 Å². The minimum absolute atomic E-state index is 0.696. The minimum Gasteiger partial charge on any atom is -0.344 e. The molecule has 3 heteroatoms. The highest BCUT2D eigenvalue weighted by molar-refractivity contribution is 5.69. The summed E-state index contributed by atoms with van der Waals surface area (Å²) in [6.45, 7) is 2.83. The van der Waals surface area contributed by atoms with Crippen LogP contribution in [-0.4, -0.2) is 14.1 Å². The van der Waals surface area contributed by atoms with Crippen molar-refractivity contribution in [3.05, 3.63) is 59.2 Å². The van der Waals surface area contributed by atoms with Gasteiger partial charge in [-0.25, -0.2) is 0 Å². The standard InChI is InChI=1S/C17H19N3/c1-13-5-4-6-16(9-13)20(3)17-8-7-14(12-19-2)10-15(17)11-18/h4-10,19H,12H2,1-3H3. The van der Waals surface area contributed by atoms with Crippen molar-refractivity contribution < 1.29 is 0 Å². The minimum atomic E-state index is 0.696. The Morgan fingerprint density at radius 1 is 1.20 bits per heavy atom. The number of nitriles is 1. The third-order valence-corrected chi connectivity index (χ3v) is 3.31. The van der Waals surface area contributed by atoms with Crippen molar-refractivity contribution in [2.45, 2.75) is 13.5 Å². The molecule has 2 aromatic carbocycles. The highest BCUT2D eigenvalue weighted by Gasteiger charge is 2.10. The third kappa shape index (κ3) is 2.98. The Morgan fingerprint density at radius 3 is 2.65 bits per heavy atom. The number of hydrogen-bond acceptors (Lipinski definition) is 3. The van der Waals surface area contributed by atoms with Crippen LogP contribution in [0.5, 0.6) is 0 Å². The highest BCUT2D eigenvalue weighted by atomic mass is 15.1. The predicted octanol–water partition coefficient (Wildman–Crippen LogP) is 3.35. The molecule has 1 N–H and O–H groups in total. The molecule has 20 heavy (non-hydrogen) atoms. The number of rotatable bonds is 4. The van der Waals surface area contributed by atoms with Crippen LogP contribution >= 0.6 is 0 Å². The van der Waals surface area contributed by atoms with E-state index >= 15 is 0 Å². The van der Waals surface area contributed by atoms with Gasteiger partial charge in [0.2, 0.25) is 0 Å². The van der Waals surface area contributed by atoms with Crippen molar-refractivity contribution in [1.82, 2.24) is 5.32 Å². The molecule has 0 aliphatic carbocycles. The molecule has 0 atom stereocenters. The lowest BCUT2D eigenvalue weighted by atomic mass is 10.1. The molecular formula is C17H19N3. The summed E-state index contributed by atoms with van der Waals surface area (Å²) in [4.78, 5) is 2.05. The van der Waals surface area contributed by atoms with E-state index in [1.165, 1.54) is 5.56 Å². The molecule has 3 nitrogen and oxygen atoms in total. The molecule has 0 bridgehead atoms. The smallest absolute Gasteiger partial charge is 0.101 e. The van der Waals surface area contributed by atoms with Crippen LogP contribution in [0.15, 0.2) is 42.5 Å². The number of nitrogens with zero attached hydrogens (tertiary/aromatic N) is 2. The molecule has 0 amide bonds. The van der Waals surface area contributed by atoms with E-state index in [0.717, 1.165) is 23.5 Å². The number of aryl methyl sites for hydroxylation is 1. The van der Waals surface area contributed by atoms with Gasteiger partial charge < -0.3 is 10.2 Å². The van der Waals surface area contributed by atoms with Gasteiger partial charge in [-0.1, -0.05) is 18.2 Å². The van der Waals surface area contributed by atoms with Crippen LogP contribution in [0.2, 0.25) is 0 Å². The topological polar surface area (TPSA) is 39.1 Å². The molecule has 0 fully saturated rings. The molecule has 0 saturated heterocycles. The van der Waals surface area contributed by atoms with E-state index in [2.05, 4.69) is 47.5 Å². The van der Waals surface area contributed by atoms with Crippen LogP contribution < -0.4 is 10.2 Å². The van der Waals surface area contributed by atoms with Gasteiger partial charge >= 0.3 is 0 Å². The van der Waals surface area contributed by atoms with Gasteiger partial charge in [-0.3, -0.25) is 0 Å². The molecule has 0 spiro atoms. The fourth-order valence-corrected chi connectivity index (χ4v) is 2.25. The quantitative estimate of drug-likeness (QED) is 0.921. The molecule has 102 valence electrons. The van der Waals surface area contributed by atoms with Gasteiger partial charge in [-0.05, 0) is 49.4 Å². The van der Waals surface area contributed by atoms with E-state index in [0.29, 0.717) is 5.56 Å². The Balaban J connectivity index is 2.39. The Bertz CT molecular complexity index is 641. The van der Waals surface area contributed by atoms with Gasteiger partial charge in [-0.15, -0.1) is 0 Å². The Hall–Kier alpha value is -2.31. The Labute approximate surface area is 120 Å². The first-order chi connectivity index (χ1) is 9.65. The fraction of sp³-hybridized carbons (Fsp3) is 0.235. The molecule has 0 heterocycles. The molecule has 0 aliphatic heterocycles. The highest BCUT2D eigenvalue weighted by Crippen LogP contribution is 2.28. The van der Waals surface area contributed by atoms with Gasteiger partial charge in [-0.2, -0.15) is 5.26 Å². The second kappa shape index (κ2) is 6.23. The summed E-state index contributed by atoms with van der Waals surface area (Å²) in [6, 6.07) is 16.6. The van der Waals surface area contributed by atoms with E-state index in [1.54, 1.807) is 0 Å². The second-order valence-electron chi connectivity index (χ2n) is 4.89. The summed E-state index contributed by atoms with van der Waals surface area (Å²) in [5, 5.41) is 12.5. The summed E-state index contributed by atoms with van der Waals surface area (Å²) in [5.74, 6) is 0. The predicted molar refractivity (Wildman–Crippen MR) is 83.2 cm³/mol. The van der Waals surface area contributed by atoms with Crippen molar-refractivity contribution in [1.29, 1.82) is 5.26 Å². The maximum absolute atomic E-state index is 9.36. The average Bonchev–Trinajstić information content (AvgIpc) is 2.46. The zero-order valence-electron chi connectivity index (χ0n) is 12.1. The van der Waals surface area contributed by atoms with Crippen molar-refractivity contribution in [2.24, 2.45) is 0 Å². The molecule has 0 aliphatic rings. The Kier molecular flexibility index (Phi) is 4.39. The van der Waals surface area contributed by atoms with Gasteiger partial charge in [0, 0.05) is 19.3 Å². The van der Waals surface area contributed by atoms with Crippen LogP contribution in [0.25, 0.3) is 0 Å². The van der Waals surface area contributed by atoms with Crippen LogP contribution in [-0.2, 0) is 6.54 Å². The number of hydrogen-bond donors (Lipinski definition) is 1. The summed E-state index contributed by atoms with van der Waals surface area (Å²) >= 11 is 0. The zero-order chi connectivity index (χ0) is 14.5. The number of benzene rings is 2. The summed E-state index contributed by atoms with van der Waals surface area (Å²) in [5.41, 5.74) is 5.03. The van der Waals surface area contributed by atoms with Gasteiger partial charge in [0.1, 0.15) is 6.07 Å². The molecule has 2 rings (SSSR count). The lowest BCUT2D eigenvalue weighted by Crippen LogP contribution is -2.12. The monoisotopic (exact) mass is 265 g/mol. The van der Waals surface area contributed by atoms with Crippen LogP contribution in [0.3, 0.4) is 0 Å². The first kappa shape index (κ1) is 14.1. The number of nitrogens with one attached hydrogen (secondary N) is 1. The van der Waals surface area contributed by atoms with E-state index in [-0.39, 0.29) is 0 Å². The number of anilines is 2. The van der Waals surface area contributed by atoms with Crippen molar-refractivity contribution in [3.8, 4) is 6.07 Å². The first-order valence-electron chi connectivity index (χ1n) is 6.63. The summed E-state index contributed by atoms with van der Waals surface area (Å²) in [7, 11) is 3.89. The molecule has 0 saturated carbocycles. The van der Waals surface area contributed by atoms with E-state index in [9.17, 15) is 5.26 Å². The van der Waals surface area contributed by atoms with Crippen molar-refractivity contribution >= 4 is 11.4 Å². The first-order valence-corrected chi connectivity index (χ1v) is 6.63. The van der Waals surface area contributed by atoms with Crippen molar-refractivity contribution in [2.75, 3.05) is 19.0 Å². The van der Waals surface area contributed by atoms with Gasteiger partial charge in [0.05, 0.1) is 11.3 Å². The van der Waals surface area contributed by atoms with Crippen LogP contribution in [0.4, 0.5) is 11.4 Å². The van der Waals surface area contributed by atoms with Crippen molar-refractivity contribution in [3.63, 3.8) is 0 Å². The maximum atomic E-state index is 9.36. The maximum Gasteiger partial charge on any atom is 0.101 e.